The van der Waals surface area contributed by atoms with Crippen molar-refractivity contribution in [2.45, 2.75) is 6.61 Å². The molecule has 0 radical (unpaired) electrons. The fourth-order valence-electron chi connectivity index (χ4n) is 2.81. The van der Waals surface area contributed by atoms with Gasteiger partial charge in [0.2, 0.25) is 0 Å². The van der Waals surface area contributed by atoms with Crippen LogP contribution in [0, 0.1) is 0 Å². The Hall–Kier alpha value is -3.34. The molecule has 4 rings (SSSR count). The fourth-order valence-corrected chi connectivity index (χ4v) is 2.81. The predicted octanol–water partition coefficient (Wildman–Crippen LogP) is 3.63. The molecule has 4 aromatic rings. The first kappa shape index (κ1) is 14.3. The van der Waals surface area contributed by atoms with E-state index in [1.54, 1.807) is 24.4 Å². The molecular weight excluding hydrogens is 306 g/mol. The molecule has 0 fully saturated rings. The number of H-pyrrole nitrogens is 1. The Balaban J connectivity index is 1.80. The van der Waals surface area contributed by atoms with E-state index in [0.29, 0.717) is 16.8 Å². The van der Waals surface area contributed by atoms with Crippen LogP contribution in [-0.4, -0.2) is 11.0 Å². The number of benzene rings is 2. The first-order chi connectivity index (χ1) is 11.7. The van der Waals surface area contributed by atoms with Gasteiger partial charge in [-0.15, -0.1) is 0 Å². The number of carbonyl (C=O) groups excluding carboxylic acids is 1. The number of nitrogens with one attached hydrogen (secondary N) is 1. The van der Waals surface area contributed by atoms with Gasteiger partial charge in [0.15, 0.2) is 0 Å². The molecule has 0 unspecified atom stereocenters. The van der Waals surface area contributed by atoms with E-state index in [1.165, 1.54) is 6.07 Å². The third kappa shape index (κ3) is 2.46. The van der Waals surface area contributed by atoms with Gasteiger partial charge < -0.3 is 14.1 Å². The highest BCUT2D eigenvalue weighted by atomic mass is 16.5. The molecule has 0 aliphatic carbocycles. The first-order valence-electron chi connectivity index (χ1n) is 7.47. The van der Waals surface area contributed by atoms with Gasteiger partial charge in [0.25, 0.3) is 0 Å². The van der Waals surface area contributed by atoms with E-state index in [1.807, 2.05) is 30.3 Å². The van der Waals surface area contributed by atoms with Crippen LogP contribution >= 0.6 is 0 Å². The summed E-state index contributed by atoms with van der Waals surface area (Å²) >= 11 is 0. The number of carbonyl (C=O) groups is 1. The zero-order valence-corrected chi connectivity index (χ0v) is 12.6. The third-order valence-corrected chi connectivity index (χ3v) is 3.89. The quantitative estimate of drug-likeness (QED) is 0.355. The van der Waals surface area contributed by atoms with Gasteiger partial charge in [0, 0.05) is 23.2 Å². The topological polar surface area (TPSA) is 72.3 Å². The maximum Gasteiger partial charge on any atom is 0.355 e. The van der Waals surface area contributed by atoms with E-state index in [0.717, 1.165) is 16.2 Å². The van der Waals surface area contributed by atoms with E-state index >= 15 is 0 Å². The molecule has 0 aliphatic heterocycles. The van der Waals surface area contributed by atoms with E-state index < -0.39 is 11.6 Å². The van der Waals surface area contributed by atoms with E-state index in [9.17, 15) is 9.59 Å². The molecule has 0 spiro atoms. The zero-order chi connectivity index (χ0) is 16.5. The van der Waals surface area contributed by atoms with Crippen molar-refractivity contribution in [1.29, 1.82) is 0 Å². The van der Waals surface area contributed by atoms with Crippen molar-refractivity contribution in [3.8, 4) is 0 Å². The van der Waals surface area contributed by atoms with Crippen molar-refractivity contribution in [1.82, 2.24) is 4.98 Å². The van der Waals surface area contributed by atoms with Crippen LogP contribution in [0.4, 0.5) is 0 Å². The number of esters is 1. The minimum absolute atomic E-state index is 0.00599. The van der Waals surface area contributed by atoms with Gasteiger partial charge in [-0.25, -0.2) is 9.59 Å². The number of fused-ring (bicyclic) bond motifs is 3. The lowest BCUT2D eigenvalue weighted by Crippen LogP contribution is -2.08. The Bertz CT molecular complexity index is 1090. The summed E-state index contributed by atoms with van der Waals surface area (Å²) in [4.78, 5) is 26.6. The smallest absolute Gasteiger partial charge is 0.355 e. The van der Waals surface area contributed by atoms with Crippen LogP contribution < -0.4 is 5.63 Å². The highest BCUT2D eigenvalue weighted by Crippen LogP contribution is 2.27. The van der Waals surface area contributed by atoms with Crippen LogP contribution in [0.3, 0.4) is 0 Å². The molecular formula is C19H13NO4. The predicted molar refractivity (Wildman–Crippen MR) is 89.9 cm³/mol. The SMILES string of the molecule is O=C(OCc1cc(=O)oc2ccc3ccccc3c12)c1ccc[nH]1. The van der Waals surface area contributed by atoms with E-state index in [4.69, 9.17) is 9.15 Å². The second-order valence-corrected chi connectivity index (χ2v) is 5.41. The van der Waals surface area contributed by atoms with Gasteiger partial charge in [-0.2, -0.15) is 0 Å². The van der Waals surface area contributed by atoms with Crippen LogP contribution in [0.5, 0.6) is 0 Å². The standard InChI is InChI=1S/C19H13NO4/c21-17-10-13(11-23-19(22)15-6-3-9-20-15)18-14-5-2-1-4-12(14)7-8-16(18)24-17/h1-10,20H,11H2. The van der Waals surface area contributed by atoms with Crippen molar-refractivity contribution in [3.05, 3.63) is 82.5 Å². The third-order valence-electron chi connectivity index (χ3n) is 3.89. The van der Waals surface area contributed by atoms with Crippen molar-refractivity contribution < 1.29 is 13.9 Å². The molecule has 5 nitrogen and oxygen atoms in total. The molecule has 0 aliphatic rings. The molecule has 2 aromatic carbocycles. The molecule has 2 aromatic heterocycles. The molecule has 118 valence electrons. The number of hydrogen-bond donors (Lipinski definition) is 1. The van der Waals surface area contributed by atoms with Gasteiger partial charge in [0.05, 0.1) is 0 Å². The minimum Gasteiger partial charge on any atom is -0.456 e. The van der Waals surface area contributed by atoms with Crippen molar-refractivity contribution in [2.24, 2.45) is 0 Å². The molecule has 0 saturated carbocycles. The summed E-state index contributed by atoms with van der Waals surface area (Å²) in [6.45, 7) is -0.00599. The maximum atomic E-state index is 12.0. The largest absolute Gasteiger partial charge is 0.456 e. The van der Waals surface area contributed by atoms with Gasteiger partial charge in [-0.05, 0) is 29.0 Å². The van der Waals surface area contributed by atoms with Crippen LogP contribution in [0.25, 0.3) is 21.7 Å². The molecule has 0 amide bonds. The number of aromatic amines is 1. The average Bonchev–Trinajstić information content (AvgIpc) is 3.13. The summed E-state index contributed by atoms with van der Waals surface area (Å²) in [5.41, 5.74) is 1.00. The summed E-state index contributed by atoms with van der Waals surface area (Å²) in [5.74, 6) is -0.471. The lowest BCUT2D eigenvalue weighted by molar-refractivity contribution is 0.0467. The van der Waals surface area contributed by atoms with Crippen LogP contribution in [0.1, 0.15) is 16.1 Å². The Labute approximate surface area is 136 Å². The Morgan fingerprint density at radius 1 is 1.08 bits per heavy atom. The van der Waals surface area contributed by atoms with Crippen molar-refractivity contribution in [3.63, 3.8) is 0 Å². The van der Waals surface area contributed by atoms with Crippen LogP contribution in [-0.2, 0) is 11.3 Å². The van der Waals surface area contributed by atoms with Gasteiger partial charge in [-0.3, -0.25) is 0 Å². The Kier molecular flexibility index (Phi) is 3.39. The first-order valence-corrected chi connectivity index (χ1v) is 7.47. The molecule has 1 N–H and O–H groups in total. The average molecular weight is 319 g/mol. The lowest BCUT2D eigenvalue weighted by Gasteiger charge is -2.09. The molecule has 0 bridgehead atoms. The summed E-state index contributed by atoms with van der Waals surface area (Å²) in [6, 6.07) is 16.2. The van der Waals surface area contributed by atoms with Crippen LogP contribution in [0.2, 0.25) is 0 Å². The monoisotopic (exact) mass is 319 g/mol. The van der Waals surface area contributed by atoms with Crippen LogP contribution in [0.15, 0.2) is 70.0 Å². The fraction of sp³-hybridized carbons (Fsp3) is 0.0526. The minimum atomic E-state index is -0.471. The molecule has 0 atom stereocenters. The molecule has 5 heteroatoms. The van der Waals surface area contributed by atoms with Crippen molar-refractivity contribution in [2.75, 3.05) is 0 Å². The maximum absolute atomic E-state index is 12.0. The summed E-state index contributed by atoms with van der Waals surface area (Å²) in [6.07, 6.45) is 1.65. The van der Waals surface area contributed by atoms with Gasteiger partial charge in [-0.1, -0.05) is 30.3 Å². The number of aromatic nitrogens is 1. The highest BCUT2D eigenvalue weighted by Gasteiger charge is 2.13. The number of rotatable bonds is 3. The van der Waals surface area contributed by atoms with Gasteiger partial charge in [0.1, 0.15) is 17.9 Å². The Morgan fingerprint density at radius 2 is 1.96 bits per heavy atom. The van der Waals surface area contributed by atoms with Crippen molar-refractivity contribution >= 4 is 27.7 Å². The highest BCUT2D eigenvalue weighted by molar-refractivity contribution is 6.07. The summed E-state index contributed by atoms with van der Waals surface area (Å²) < 4.78 is 10.6. The zero-order valence-electron chi connectivity index (χ0n) is 12.6. The second kappa shape index (κ2) is 5.70. The molecule has 24 heavy (non-hydrogen) atoms. The van der Waals surface area contributed by atoms with E-state index in [-0.39, 0.29) is 6.61 Å². The van der Waals surface area contributed by atoms with Gasteiger partial charge >= 0.3 is 11.6 Å². The Morgan fingerprint density at radius 3 is 2.79 bits per heavy atom. The molecule has 2 heterocycles. The lowest BCUT2D eigenvalue weighted by atomic mass is 10.0. The summed E-state index contributed by atoms with van der Waals surface area (Å²) in [5, 5.41) is 2.76. The molecule has 0 saturated heterocycles. The van der Waals surface area contributed by atoms with E-state index in [2.05, 4.69) is 4.98 Å². The number of ether oxygens (including phenoxy) is 1. The summed E-state index contributed by atoms with van der Waals surface area (Å²) in [7, 11) is 0. The second-order valence-electron chi connectivity index (χ2n) is 5.41. The normalized spacial score (nSPS) is 11.0. The number of hydrogen-bond acceptors (Lipinski definition) is 4.